The van der Waals surface area contributed by atoms with Gasteiger partial charge in [-0.3, -0.25) is 4.79 Å². The summed E-state index contributed by atoms with van der Waals surface area (Å²) in [5.74, 6) is 1.57. The van der Waals surface area contributed by atoms with Crippen LogP contribution in [-0.4, -0.2) is 19.1 Å². The highest BCUT2D eigenvalue weighted by Gasteiger charge is 2.51. The maximum absolute atomic E-state index is 13.1. The summed E-state index contributed by atoms with van der Waals surface area (Å²) >= 11 is 0. The van der Waals surface area contributed by atoms with Gasteiger partial charge in [0.15, 0.2) is 11.5 Å². The summed E-state index contributed by atoms with van der Waals surface area (Å²) in [6.45, 7) is 7.28. The van der Waals surface area contributed by atoms with Crippen molar-refractivity contribution in [2.24, 2.45) is 0 Å². The Morgan fingerprint density at radius 1 is 0.960 bits per heavy atom. The molecule has 1 heterocycles. The highest BCUT2D eigenvalue weighted by atomic mass is 16.6. The molecule has 2 aliphatic rings. The average molecular weight is 337 g/mol. The lowest BCUT2D eigenvalue weighted by atomic mass is 9.93. The largest absolute Gasteiger partial charge is 0.486 e. The third kappa shape index (κ3) is 2.76. The van der Waals surface area contributed by atoms with E-state index in [0.717, 1.165) is 46.7 Å². The second kappa shape index (κ2) is 5.80. The Morgan fingerprint density at radius 3 is 2.24 bits per heavy atom. The highest BCUT2D eigenvalue weighted by molar-refractivity contribution is 6.02. The number of amides is 1. The van der Waals surface area contributed by atoms with Gasteiger partial charge < -0.3 is 14.8 Å². The fraction of sp³-hybridized carbons (Fsp3) is 0.381. The molecule has 1 N–H and O–H groups in total. The molecule has 4 heteroatoms. The summed E-state index contributed by atoms with van der Waals surface area (Å²) in [4.78, 5) is 13.1. The monoisotopic (exact) mass is 337 g/mol. The zero-order chi connectivity index (χ0) is 17.6. The number of hydrogen-bond acceptors (Lipinski definition) is 3. The first kappa shape index (κ1) is 16.0. The third-order valence-electron chi connectivity index (χ3n) is 5.19. The number of carbonyl (C=O) groups excluding carboxylic acids is 1. The summed E-state index contributed by atoms with van der Waals surface area (Å²) < 4.78 is 11.3. The van der Waals surface area contributed by atoms with Crippen LogP contribution < -0.4 is 14.8 Å². The van der Waals surface area contributed by atoms with Crippen LogP contribution >= 0.6 is 0 Å². The van der Waals surface area contributed by atoms with Crippen molar-refractivity contribution in [1.29, 1.82) is 0 Å². The van der Waals surface area contributed by atoms with E-state index >= 15 is 0 Å². The Balaban J connectivity index is 1.62. The molecule has 1 fully saturated rings. The van der Waals surface area contributed by atoms with E-state index in [2.05, 4.69) is 24.4 Å². The number of ether oxygens (including phenoxy) is 2. The summed E-state index contributed by atoms with van der Waals surface area (Å²) in [6.07, 6.45) is 1.73. The van der Waals surface area contributed by atoms with Crippen LogP contribution in [-0.2, 0) is 10.2 Å². The third-order valence-corrected chi connectivity index (χ3v) is 5.19. The van der Waals surface area contributed by atoms with Crippen LogP contribution in [0.1, 0.15) is 35.1 Å². The van der Waals surface area contributed by atoms with Crippen molar-refractivity contribution in [3.8, 4) is 11.5 Å². The van der Waals surface area contributed by atoms with Crippen molar-refractivity contribution in [3.63, 3.8) is 0 Å². The normalized spacial score (nSPS) is 17.1. The smallest absolute Gasteiger partial charge is 0.235 e. The standard InChI is InChI=1S/C21H23NO3/c1-13-10-14(2)19(15(3)11-13)22-20(23)21(6-7-21)16-4-5-17-18(12-16)25-9-8-24-17/h4-5,10-12H,6-9H2,1-3H3,(H,22,23). The molecule has 4 nitrogen and oxygen atoms in total. The van der Waals surface area contributed by atoms with E-state index in [1.165, 1.54) is 5.56 Å². The molecule has 0 radical (unpaired) electrons. The average Bonchev–Trinajstić information content (AvgIpc) is 3.39. The van der Waals surface area contributed by atoms with Gasteiger partial charge in [-0.15, -0.1) is 0 Å². The molecule has 0 bridgehead atoms. The van der Waals surface area contributed by atoms with Crippen molar-refractivity contribution in [3.05, 3.63) is 52.6 Å². The van der Waals surface area contributed by atoms with Gasteiger partial charge in [0.2, 0.25) is 5.91 Å². The Morgan fingerprint density at radius 2 is 1.60 bits per heavy atom. The molecule has 25 heavy (non-hydrogen) atoms. The molecule has 1 saturated carbocycles. The van der Waals surface area contributed by atoms with Crippen molar-refractivity contribution in [2.75, 3.05) is 18.5 Å². The molecule has 0 spiro atoms. The first-order valence-electron chi connectivity index (χ1n) is 8.79. The summed E-state index contributed by atoms with van der Waals surface area (Å²) in [6, 6.07) is 10.1. The molecule has 0 unspecified atom stereocenters. The van der Waals surface area contributed by atoms with Gasteiger partial charge >= 0.3 is 0 Å². The van der Waals surface area contributed by atoms with Crippen LogP contribution in [0.3, 0.4) is 0 Å². The molecular formula is C21H23NO3. The van der Waals surface area contributed by atoms with Gasteiger partial charge in [0.05, 0.1) is 5.41 Å². The molecule has 1 amide bonds. The fourth-order valence-electron chi connectivity index (χ4n) is 3.72. The lowest BCUT2D eigenvalue weighted by Gasteiger charge is -2.22. The van der Waals surface area contributed by atoms with Crippen molar-refractivity contribution < 1.29 is 14.3 Å². The zero-order valence-electron chi connectivity index (χ0n) is 14.9. The van der Waals surface area contributed by atoms with E-state index in [1.807, 2.05) is 32.0 Å². The predicted molar refractivity (Wildman–Crippen MR) is 97.6 cm³/mol. The summed E-state index contributed by atoms with van der Waals surface area (Å²) in [7, 11) is 0. The van der Waals surface area contributed by atoms with E-state index < -0.39 is 5.41 Å². The molecule has 2 aromatic rings. The Labute approximate surface area is 148 Å². The predicted octanol–water partition coefficient (Wildman–Crippen LogP) is 4.05. The molecule has 0 atom stereocenters. The maximum atomic E-state index is 13.1. The number of nitrogens with one attached hydrogen (secondary N) is 1. The Bertz CT molecular complexity index is 829. The second-order valence-electron chi connectivity index (χ2n) is 7.17. The SMILES string of the molecule is Cc1cc(C)c(NC(=O)C2(c3ccc4c(c3)OCCO4)CC2)c(C)c1. The zero-order valence-corrected chi connectivity index (χ0v) is 14.9. The lowest BCUT2D eigenvalue weighted by Crippen LogP contribution is -2.28. The van der Waals surface area contributed by atoms with Crippen molar-refractivity contribution >= 4 is 11.6 Å². The van der Waals surface area contributed by atoms with Gasteiger partial charge in [0.25, 0.3) is 0 Å². The molecular weight excluding hydrogens is 314 g/mol. The molecule has 2 aromatic carbocycles. The Kier molecular flexibility index (Phi) is 3.71. The van der Waals surface area contributed by atoms with Gasteiger partial charge in [-0.2, -0.15) is 0 Å². The summed E-state index contributed by atoms with van der Waals surface area (Å²) in [5.41, 5.74) is 4.91. The molecule has 4 rings (SSSR count). The number of aryl methyl sites for hydroxylation is 3. The number of hydrogen-bond donors (Lipinski definition) is 1. The van der Waals surface area contributed by atoms with Crippen molar-refractivity contribution in [2.45, 2.75) is 39.0 Å². The van der Waals surface area contributed by atoms with Crippen molar-refractivity contribution in [1.82, 2.24) is 0 Å². The van der Waals surface area contributed by atoms with Gasteiger partial charge in [-0.1, -0.05) is 23.8 Å². The lowest BCUT2D eigenvalue weighted by molar-refractivity contribution is -0.118. The number of benzene rings is 2. The topological polar surface area (TPSA) is 47.6 Å². The minimum absolute atomic E-state index is 0.0687. The molecule has 1 aliphatic heterocycles. The van der Waals surface area contributed by atoms with Crippen LogP contribution in [0.4, 0.5) is 5.69 Å². The van der Waals surface area contributed by atoms with Crippen LogP contribution in [0.15, 0.2) is 30.3 Å². The minimum atomic E-state index is -0.445. The fourth-order valence-corrected chi connectivity index (χ4v) is 3.72. The van der Waals surface area contributed by atoms with E-state index in [0.29, 0.717) is 13.2 Å². The maximum Gasteiger partial charge on any atom is 0.235 e. The van der Waals surface area contributed by atoms with Crippen LogP contribution in [0.5, 0.6) is 11.5 Å². The van der Waals surface area contributed by atoms with E-state index in [1.54, 1.807) is 0 Å². The molecule has 0 saturated heterocycles. The Hall–Kier alpha value is -2.49. The first-order valence-corrected chi connectivity index (χ1v) is 8.79. The van der Waals surface area contributed by atoms with E-state index in [-0.39, 0.29) is 5.91 Å². The van der Waals surface area contributed by atoms with E-state index in [4.69, 9.17) is 9.47 Å². The minimum Gasteiger partial charge on any atom is -0.486 e. The molecule has 130 valence electrons. The van der Waals surface area contributed by atoms with Gasteiger partial charge in [0, 0.05) is 5.69 Å². The quantitative estimate of drug-likeness (QED) is 0.919. The van der Waals surface area contributed by atoms with Crippen LogP contribution in [0.2, 0.25) is 0 Å². The number of carbonyl (C=O) groups is 1. The summed E-state index contributed by atoms with van der Waals surface area (Å²) in [5, 5.41) is 3.18. The highest BCUT2D eigenvalue weighted by Crippen LogP contribution is 2.51. The molecule has 1 aliphatic carbocycles. The number of rotatable bonds is 3. The first-order chi connectivity index (χ1) is 12.0. The number of anilines is 1. The van der Waals surface area contributed by atoms with Gasteiger partial charge in [0.1, 0.15) is 13.2 Å². The van der Waals surface area contributed by atoms with Crippen LogP contribution in [0, 0.1) is 20.8 Å². The van der Waals surface area contributed by atoms with Gasteiger partial charge in [-0.25, -0.2) is 0 Å². The van der Waals surface area contributed by atoms with Gasteiger partial charge in [-0.05, 0) is 62.4 Å². The number of fused-ring (bicyclic) bond motifs is 1. The van der Waals surface area contributed by atoms with Crippen LogP contribution in [0.25, 0.3) is 0 Å². The second-order valence-corrected chi connectivity index (χ2v) is 7.17. The van der Waals surface area contributed by atoms with E-state index in [9.17, 15) is 4.79 Å². The molecule has 0 aromatic heterocycles.